The van der Waals surface area contributed by atoms with Gasteiger partial charge in [-0.1, -0.05) is 43.7 Å². The van der Waals surface area contributed by atoms with Crippen LogP contribution in [0.2, 0.25) is 0 Å². The number of nitrogens with zero attached hydrogens (tertiary/aromatic N) is 3. The first-order valence-corrected chi connectivity index (χ1v) is 14.1. The fourth-order valence-corrected chi connectivity index (χ4v) is 6.06. The topological polar surface area (TPSA) is 76.5 Å². The molecular weight excluding hydrogens is 468 g/mol. The van der Waals surface area contributed by atoms with Gasteiger partial charge in [-0.3, -0.25) is 0 Å². The standard InChI is InChI=1S/C25H38N4O3S2/c1-18(2)14-29-22(15-28(24(33)27-19(3)4)16-23-10-7-11-32-23)13-26-25(29)34(30,31)17-21-9-6-8-20(5)12-21/h6,8-9,12-13,18-19,23H,7,10-11,14-17H2,1-5H3,(H,27,33)/t23-/m0/s1. The molecule has 1 saturated heterocycles. The Morgan fingerprint density at radius 1 is 1.32 bits per heavy atom. The van der Waals surface area contributed by atoms with Gasteiger partial charge >= 0.3 is 0 Å². The molecule has 0 spiro atoms. The lowest BCUT2D eigenvalue weighted by Crippen LogP contribution is -2.45. The van der Waals surface area contributed by atoms with Crippen LogP contribution in [0.25, 0.3) is 0 Å². The monoisotopic (exact) mass is 506 g/mol. The van der Waals surface area contributed by atoms with Gasteiger partial charge in [-0.25, -0.2) is 13.4 Å². The first kappa shape index (κ1) is 26.6. The Hall–Kier alpha value is -1.97. The van der Waals surface area contributed by atoms with E-state index in [9.17, 15) is 8.42 Å². The molecule has 1 aliphatic heterocycles. The van der Waals surface area contributed by atoms with E-state index in [1.54, 1.807) is 6.20 Å². The number of hydrogen-bond donors (Lipinski definition) is 1. The van der Waals surface area contributed by atoms with E-state index >= 15 is 0 Å². The number of rotatable bonds is 10. The van der Waals surface area contributed by atoms with E-state index in [0.29, 0.717) is 24.7 Å². The number of aromatic nitrogens is 2. The number of benzene rings is 1. The van der Waals surface area contributed by atoms with Crippen molar-refractivity contribution >= 4 is 27.2 Å². The van der Waals surface area contributed by atoms with E-state index in [-0.39, 0.29) is 29.0 Å². The number of aryl methyl sites for hydroxylation is 1. The van der Waals surface area contributed by atoms with Crippen LogP contribution in [0.3, 0.4) is 0 Å². The molecular formula is C25H38N4O3S2. The van der Waals surface area contributed by atoms with Crippen molar-refractivity contribution in [3.8, 4) is 0 Å². The summed E-state index contributed by atoms with van der Waals surface area (Å²) < 4.78 is 34.6. The third-order valence-electron chi connectivity index (χ3n) is 5.67. The highest BCUT2D eigenvalue weighted by molar-refractivity contribution is 7.90. The fourth-order valence-electron chi connectivity index (χ4n) is 4.20. The molecule has 1 aromatic heterocycles. The summed E-state index contributed by atoms with van der Waals surface area (Å²) in [7, 11) is -3.62. The van der Waals surface area contributed by atoms with Gasteiger partial charge in [0, 0.05) is 25.7 Å². The van der Waals surface area contributed by atoms with Crippen LogP contribution in [0.4, 0.5) is 0 Å². The third-order valence-corrected chi connectivity index (χ3v) is 7.64. The van der Waals surface area contributed by atoms with Gasteiger partial charge in [-0.2, -0.15) is 0 Å². The normalized spacial score (nSPS) is 16.4. The molecule has 9 heteroatoms. The molecule has 7 nitrogen and oxygen atoms in total. The van der Waals surface area contributed by atoms with Crippen molar-refractivity contribution in [2.24, 2.45) is 5.92 Å². The number of thiocarbonyl (C=S) groups is 1. The summed E-state index contributed by atoms with van der Waals surface area (Å²) in [4.78, 5) is 6.50. The van der Waals surface area contributed by atoms with Gasteiger partial charge in [-0.15, -0.1) is 0 Å². The number of sulfone groups is 1. The molecule has 1 N–H and O–H groups in total. The van der Waals surface area contributed by atoms with Crippen molar-refractivity contribution in [3.05, 3.63) is 47.3 Å². The van der Waals surface area contributed by atoms with Crippen LogP contribution in [-0.4, -0.2) is 53.3 Å². The molecule has 3 rings (SSSR count). The third kappa shape index (κ3) is 7.26. The number of ether oxygens (including phenoxy) is 1. The molecule has 1 atom stereocenters. The van der Waals surface area contributed by atoms with E-state index in [0.717, 1.165) is 36.3 Å². The quantitative estimate of drug-likeness (QED) is 0.487. The second-order valence-corrected chi connectivity index (χ2v) is 12.2. The summed E-state index contributed by atoms with van der Waals surface area (Å²) in [6.45, 7) is 12.7. The van der Waals surface area contributed by atoms with Gasteiger partial charge in [0.15, 0.2) is 5.11 Å². The zero-order chi connectivity index (χ0) is 24.9. The average molecular weight is 507 g/mol. The van der Waals surface area contributed by atoms with Crippen LogP contribution in [0.15, 0.2) is 35.6 Å². The molecule has 0 saturated carbocycles. The molecule has 0 radical (unpaired) electrons. The zero-order valence-electron chi connectivity index (χ0n) is 21.0. The second-order valence-electron chi connectivity index (χ2n) is 9.90. The molecule has 0 aliphatic carbocycles. The van der Waals surface area contributed by atoms with E-state index < -0.39 is 9.84 Å². The van der Waals surface area contributed by atoms with Crippen LogP contribution in [-0.2, 0) is 33.4 Å². The summed E-state index contributed by atoms with van der Waals surface area (Å²) in [6, 6.07) is 7.81. The maximum Gasteiger partial charge on any atom is 0.228 e. The average Bonchev–Trinajstić information content (AvgIpc) is 3.37. The minimum Gasteiger partial charge on any atom is -0.376 e. The van der Waals surface area contributed by atoms with Crippen molar-refractivity contribution < 1.29 is 13.2 Å². The first-order valence-electron chi connectivity index (χ1n) is 12.0. The van der Waals surface area contributed by atoms with Crippen LogP contribution >= 0.6 is 12.2 Å². The van der Waals surface area contributed by atoms with Crippen molar-refractivity contribution in [2.75, 3.05) is 13.2 Å². The summed E-state index contributed by atoms with van der Waals surface area (Å²) in [5.74, 6) is 0.184. The second kappa shape index (κ2) is 11.6. The highest BCUT2D eigenvalue weighted by Gasteiger charge is 2.27. The number of hydrogen-bond acceptors (Lipinski definition) is 5. The smallest absolute Gasteiger partial charge is 0.228 e. The molecule has 1 aliphatic rings. The lowest BCUT2D eigenvalue weighted by atomic mass is 10.2. The van der Waals surface area contributed by atoms with Gasteiger partial charge in [0.25, 0.3) is 0 Å². The Morgan fingerprint density at radius 3 is 2.71 bits per heavy atom. The molecule has 34 heavy (non-hydrogen) atoms. The minimum absolute atomic E-state index is 0.0732. The maximum absolute atomic E-state index is 13.4. The molecule has 1 fully saturated rings. The Balaban J connectivity index is 1.90. The van der Waals surface area contributed by atoms with Crippen LogP contribution in [0, 0.1) is 12.8 Å². The first-order chi connectivity index (χ1) is 16.0. The highest BCUT2D eigenvalue weighted by atomic mass is 32.2. The minimum atomic E-state index is -3.62. The SMILES string of the molecule is Cc1cccc(CS(=O)(=O)c2ncc(CN(C[C@@H]3CCCO3)C(=S)NC(C)C)n2CC(C)C)c1. The Labute approximate surface area is 209 Å². The molecule has 1 aromatic carbocycles. The van der Waals surface area contributed by atoms with E-state index in [4.69, 9.17) is 17.0 Å². The van der Waals surface area contributed by atoms with Crippen molar-refractivity contribution in [1.82, 2.24) is 19.8 Å². The summed E-state index contributed by atoms with van der Waals surface area (Å²) in [5.41, 5.74) is 2.64. The molecule has 188 valence electrons. The largest absolute Gasteiger partial charge is 0.376 e. The Morgan fingerprint density at radius 2 is 2.09 bits per heavy atom. The van der Waals surface area contributed by atoms with Crippen LogP contribution in [0.1, 0.15) is 57.4 Å². The van der Waals surface area contributed by atoms with Crippen molar-refractivity contribution in [2.45, 2.75) is 83.6 Å². The Bertz CT molecular complexity index is 1070. The molecule has 0 unspecified atom stereocenters. The van der Waals surface area contributed by atoms with Crippen molar-refractivity contribution in [1.29, 1.82) is 0 Å². The number of imidazole rings is 1. The molecule has 2 heterocycles. The zero-order valence-corrected chi connectivity index (χ0v) is 22.6. The summed E-state index contributed by atoms with van der Waals surface area (Å²) >= 11 is 5.71. The van der Waals surface area contributed by atoms with Crippen molar-refractivity contribution in [3.63, 3.8) is 0 Å². The lowest BCUT2D eigenvalue weighted by Gasteiger charge is -2.30. The summed E-state index contributed by atoms with van der Waals surface area (Å²) in [5, 5.41) is 4.09. The highest BCUT2D eigenvalue weighted by Crippen LogP contribution is 2.22. The molecule has 2 aromatic rings. The van der Waals surface area contributed by atoms with E-state index in [2.05, 4.69) is 42.9 Å². The van der Waals surface area contributed by atoms with E-state index in [1.807, 2.05) is 35.8 Å². The Kier molecular flexibility index (Phi) is 9.12. The van der Waals surface area contributed by atoms with E-state index in [1.165, 1.54) is 0 Å². The van der Waals surface area contributed by atoms with Gasteiger partial charge in [-0.05, 0) is 57.3 Å². The maximum atomic E-state index is 13.4. The number of nitrogens with one attached hydrogen (secondary N) is 1. The van der Waals surface area contributed by atoms with Gasteiger partial charge in [0.05, 0.1) is 30.3 Å². The molecule has 0 bridgehead atoms. The van der Waals surface area contributed by atoms with Crippen LogP contribution in [0.5, 0.6) is 0 Å². The lowest BCUT2D eigenvalue weighted by molar-refractivity contribution is 0.0891. The fraction of sp³-hybridized carbons (Fsp3) is 0.600. The predicted molar refractivity (Wildman–Crippen MR) is 139 cm³/mol. The van der Waals surface area contributed by atoms with Gasteiger partial charge < -0.3 is 19.5 Å². The summed E-state index contributed by atoms with van der Waals surface area (Å²) in [6.07, 6.45) is 3.86. The van der Waals surface area contributed by atoms with Crippen LogP contribution < -0.4 is 5.32 Å². The molecule has 0 amide bonds. The predicted octanol–water partition coefficient (Wildman–Crippen LogP) is 4.09. The van der Waals surface area contributed by atoms with Gasteiger partial charge in [0.1, 0.15) is 0 Å². The van der Waals surface area contributed by atoms with Gasteiger partial charge in [0.2, 0.25) is 15.0 Å².